The van der Waals surface area contributed by atoms with E-state index in [1.54, 1.807) is 0 Å². The summed E-state index contributed by atoms with van der Waals surface area (Å²) in [6.07, 6.45) is -4.90. The fourth-order valence-corrected chi connectivity index (χ4v) is 0.824. The van der Waals surface area contributed by atoms with E-state index in [9.17, 15) is 22.8 Å². The van der Waals surface area contributed by atoms with Gasteiger partial charge in [-0.1, -0.05) is 0 Å². The Kier molecular flexibility index (Phi) is 1.95. The first-order valence-electron chi connectivity index (χ1n) is 3.09. The van der Waals surface area contributed by atoms with Crippen LogP contribution >= 0.6 is 0 Å². The third-order valence-electron chi connectivity index (χ3n) is 1.49. The molecule has 74 valence electrons. The molecule has 1 fully saturated rings. The molecule has 2 amide bonds. The van der Waals surface area contributed by atoms with Crippen LogP contribution in [0.3, 0.4) is 0 Å². The van der Waals surface area contributed by atoms with Crippen LogP contribution in [-0.2, 0) is 14.3 Å². The maximum atomic E-state index is 12.2. The summed E-state index contributed by atoms with van der Waals surface area (Å²) in [5.41, 5.74) is 0. The summed E-state index contributed by atoms with van der Waals surface area (Å²) in [7, 11) is 0.722. The number of carbonyl (C=O) groups is 2. The monoisotopic (exact) mass is 198 g/mol. The largest absolute Gasteiger partial charge is 0.458 e. The predicted octanol–water partition coefficient (Wildman–Crippen LogP) is -0.905. The van der Waals surface area contributed by atoms with Crippen molar-refractivity contribution in [3.05, 3.63) is 0 Å². The number of hydrogen-bond donors (Lipinski definition) is 2. The lowest BCUT2D eigenvalue weighted by atomic mass is 10.4. The van der Waals surface area contributed by atoms with Crippen molar-refractivity contribution >= 4 is 11.8 Å². The first-order chi connectivity index (χ1) is 5.82. The lowest BCUT2D eigenvalue weighted by Crippen LogP contribution is -2.62. The van der Waals surface area contributed by atoms with E-state index in [0.717, 1.165) is 7.11 Å². The SMILES string of the molecule is COC1(C(F)(F)F)NC(=O)C(=O)N1. The summed E-state index contributed by atoms with van der Waals surface area (Å²) in [5.74, 6) is -5.83. The number of nitrogens with one attached hydrogen (secondary N) is 2. The van der Waals surface area contributed by atoms with Gasteiger partial charge < -0.3 is 4.74 Å². The van der Waals surface area contributed by atoms with Crippen molar-refractivity contribution in [3.8, 4) is 0 Å². The van der Waals surface area contributed by atoms with Gasteiger partial charge >= 0.3 is 23.8 Å². The molecule has 0 aromatic heterocycles. The average molecular weight is 198 g/mol. The number of rotatable bonds is 1. The van der Waals surface area contributed by atoms with Crippen LogP contribution in [0, 0.1) is 0 Å². The Morgan fingerprint density at radius 3 is 1.77 bits per heavy atom. The van der Waals surface area contributed by atoms with Gasteiger partial charge in [-0.2, -0.15) is 13.2 Å². The van der Waals surface area contributed by atoms with Gasteiger partial charge in [-0.25, -0.2) is 0 Å². The standard InChI is InChI=1S/C5H5F3N2O3/c1-13-5(4(6,7)8)9-2(11)3(12)10-5/h1H3,(H,9,11)(H,10,12). The Morgan fingerprint density at radius 2 is 1.62 bits per heavy atom. The number of alkyl halides is 3. The lowest BCUT2D eigenvalue weighted by molar-refractivity contribution is -0.284. The Labute approximate surface area is 70.2 Å². The summed E-state index contributed by atoms with van der Waals surface area (Å²) in [6.45, 7) is 0. The summed E-state index contributed by atoms with van der Waals surface area (Å²) in [6, 6.07) is 0. The molecular weight excluding hydrogens is 193 g/mol. The number of amides is 2. The fraction of sp³-hybridized carbons (Fsp3) is 0.600. The normalized spacial score (nSPS) is 21.2. The molecule has 1 aliphatic rings. The molecule has 0 unspecified atom stereocenters. The van der Waals surface area contributed by atoms with Crippen molar-refractivity contribution in [2.75, 3.05) is 7.11 Å². The molecule has 2 N–H and O–H groups in total. The highest BCUT2D eigenvalue weighted by Gasteiger charge is 2.63. The maximum Gasteiger partial charge on any atom is 0.458 e. The number of ether oxygens (including phenoxy) is 1. The number of carbonyl (C=O) groups excluding carboxylic acids is 2. The van der Waals surface area contributed by atoms with E-state index in [0.29, 0.717) is 0 Å². The van der Waals surface area contributed by atoms with Crippen molar-refractivity contribution in [1.29, 1.82) is 0 Å². The third kappa shape index (κ3) is 1.32. The number of methoxy groups -OCH3 is 1. The van der Waals surface area contributed by atoms with Crippen molar-refractivity contribution in [2.24, 2.45) is 0 Å². The van der Waals surface area contributed by atoms with Gasteiger partial charge in [0.1, 0.15) is 0 Å². The smallest absolute Gasteiger partial charge is 0.334 e. The topological polar surface area (TPSA) is 67.4 Å². The van der Waals surface area contributed by atoms with Gasteiger partial charge in [0.15, 0.2) is 0 Å². The second-order valence-corrected chi connectivity index (χ2v) is 2.29. The first-order valence-corrected chi connectivity index (χ1v) is 3.09. The van der Waals surface area contributed by atoms with Gasteiger partial charge in [0.25, 0.3) is 0 Å². The van der Waals surface area contributed by atoms with Gasteiger partial charge in [-0.15, -0.1) is 0 Å². The van der Waals surface area contributed by atoms with E-state index in [1.165, 1.54) is 10.6 Å². The molecule has 0 bridgehead atoms. The average Bonchev–Trinajstić information content (AvgIpc) is 2.28. The van der Waals surface area contributed by atoms with Gasteiger partial charge in [0.05, 0.1) is 0 Å². The predicted molar refractivity (Wildman–Crippen MR) is 32.1 cm³/mol. The molecule has 13 heavy (non-hydrogen) atoms. The van der Waals surface area contributed by atoms with Gasteiger partial charge in [0.2, 0.25) is 0 Å². The van der Waals surface area contributed by atoms with E-state index in [-0.39, 0.29) is 0 Å². The Hall–Kier alpha value is -1.31. The van der Waals surface area contributed by atoms with Crippen LogP contribution in [0.1, 0.15) is 0 Å². The third-order valence-corrected chi connectivity index (χ3v) is 1.49. The second-order valence-electron chi connectivity index (χ2n) is 2.29. The van der Waals surface area contributed by atoms with Crippen LogP contribution in [0.4, 0.5) is 13.2 Å². The molecule has 1 rings (SSSR count). The minimum atomic E-state index is -4.90. The highest BCUT2D eigenvalue weighted by Crippen LogP contribution is 2.30. The van der Waals surface area contributed by atoms with Crippen LogP contribution in [-0.4, -0.2) is 30.9 Å². The number of halogens is 3. The van der Waals surface area contributed by atoms with Crippen LogP contribution in [0.5, 0.6) is 0 Å². The van der Waals surface area contributed by atoms with Crippen LogP contribution in [0.15, 0.2) is 0 Å². The summed E-state index contributed by atoms with van der Waals surface area (Å²) >= 11 is 0. The lowest BCUT2D eigenvalue weighted by Gasteiger charge is -2.28. The molecule has 0 saturated carbocycles. The number of hydrogen-bond acceptors (Lipinski definition) is 3. The second kappa shape index (κ2) is 2.59. The Bertz CT molecular complexity index is 246. The van der Waals surface area contributed by atoms with Gasteiger partial charge in [-0.05, 0) is 0 Å². The molecule has 8 heteroatoms. The molecule has 0 atom stereocenters. The highest BCUT2D eigenvalue weighted by atomic mass is 19.4. The zero-order valence-corrected chi connectivity index (χ0v) is 6.36. The van der Waals surface area contributed by atoms with Crippen molar-refractivity contribution in [3.63, 3.8) is 0 Å². The van der Waals surface area contributed by atoms with Crippen LogP contribution < -0.4 is 10.6 Å². The quantitative estimate of drug-likeness (QED) is 0.536. The molecule has 0 aromatic carbocycles. The Morgan fingerprint density at radius 1 is 1.23 bits per heavy atom. The van der Waals surface area contributed by atoms with E-state index < -0.39 is 23.8 Å². The minimum Gasteiger partial charge on any atom is -0.334 e. The zero-order valence-electron chi connectivity index (χ0n) is 6.36. The summed E-state index contributed by atoms with van der Waals surface area (Å²) in [5, 5.41) is 2.72. The molecular formula is C5H5F3N2O3. The van der Waals surface area contributed by atoms with Crippen LogP contribution in [0.25, 0.3) is 0 Å². The molecule has 0 aliphatic carbocycles. The van der Waals surface area contributed by atoms with Crippen molar-refractivity contribution in [1.82, 2.24) is 10.6 Å². The molecule has 0 aromatic rings. The van der Waals surface area contributed by atoms with E-state index in [1.807, 2.05) is 0 Å². The maximum absolute atomic E-state index is 12.2. The van der Waals surface area contributed by atoms with Gasteiger partial charge in [-0.3, -0.25) is 20.2 Å². The van der Waals surface area contributed by atoms with E-state index >= 15 is 0 Å². The molecule has 5 nitrogen and oxygen atoms in total. The molecule has 0 spiro atoms. The zero-order chi connectivity index (χ0) is 10.3. The molecule has 1 aliphatic heterocycles. The van der Waals surface area contributed by atoms with Crippen molar-refractivity contribution in [2.45, 2.75) is 12.0 Å². The van der Waals surface area contributed by atoms with E-state index in [4.69, 9.17) is 0 Å². The van der Waals surface area contributed by atoms with Gasteiger partial charge in [0, 0.05) is 7.11 Å². The molecule has 0 radical (unpaired) electrons. The molecule has 1 saturated heterocycles. The van der Waals surface area contributed by atoms with E-state index in [2.05, 4.69) is 4.74 Å². The first kappa shape index (κ1) is 9.78. The fourth-order valence-electron chi connectivity index (χ4n) is 0.824. The van der Waals surface area contributed by atoms with Crippen molar-refractivity contribution < 1.29 is 27.5 Å². The highest BCUT2D eigenvalue weighted by molar-refractivity contribution is 6.37. The summed E-state index contributed by atoms with van der Waals surface area (Å²) < 4.78 is 40.6. The minimum absolute atomic E-state index is 0.722. The Balaban J connectivity index is 2.99. The van der Waals surface area contributed by atoms with Crippen LogP contribution in [0.2, 0.25) is 0 Å². The summed E-state index contributed by atoms with van der Waals surface area (Å²) in [4.78, 5) is 21.0. The molecule has 1 heterocycles.